The smallest absolute Gasteiger partial charge is 0.435 e. The molecular formula is C36H41N5O3S. The minimum Gasteiger partial charge on any atom is -0.442 e. The number of nitrogens with one attached hydrogen (secondary N) is 1. The summed E-state index contributed by atoms with van der Waals surface area (Å²) in [5, 5.41) is 8.57. The average molecular weight is 624 g/mol. The van der Waals surface area contributed by atoms with Crippen LogP contribution in [0, 0.1) is 0 Å². The molecular weight excluding hydrogens is 582 g/mol. The highest BCUT2D eigenvalue weighted by molar-refractivity contribution is 7.99. The molecule has 0 atom stereocenters. The monoisotopic (exact) mass is 623 g/mol. The molecule has 3 heterocycles. The van der Waals surface area contributed by atoms with Gasteiger partial charge in [-0.1, -0.05) is 30.0 Å². The van der Waals surface area contributed by atoms with E-state index in [9.17, 15) is 9.59 Å². The van der Waals surface area contributed by atoms with Gasteiger partial charge in [0.2, 0.25) is 0 Å². The number of aryl methyl sites for hydroxylation is 1. The van der Waals surface area contributed by atoms with Gasteiger partial charge in [-0.05, 0) is 133 Å². The minimum atomic E-state index is -0.675. The number of likely N-dealkylation sites (tertiary alicyclic amines) is 1. The van der Waals surface area contributed by atoms with E-state index in [2.05, 4.69) is 26.4 Å². The Kier molecular flexibility index (Phi) is 9.37. The molecule has 6 rings (SSSR count). The van der Waals surface area contributed by atoms with Gasteiger partial charge in [0, 0.05) is 27.4 Å². The number of hydrogen-bond donors (Lipinski definition) is 1. The van der Waals surface area contributed by atoms with Gasteiger partial charge < -0.3 is 15.0 Å². The molecule has 8 nitrogen and oxygen atoms in total. The van der Waals surface area contributed by atoms with Gasteiger partial charge in [-0.3, -0.25) is 9.78 Å². The van der Waals surface area contributed by atoms with Crippen molar-refractivity contribution in [2.24, 2.45) is 0 Å². The van der Waals surface area contributed by atoms with Gasteiger partial charge in [0.25, 0.3) is 5.91 Å². The standard InChI is InChI=1S/C36H41N5O3S/c1-36(2,3)44-35(43)41-32-23-28(45-33-11-5-4-10-30(33)34(42)38-27-14-15-27)17-18-29(32)31(39-41)19-16-26-13-12-25(24-37-26)9-8-22-40-20-6-7-21-40/h4-5,10-13,16-19,23-24,27H,6-9,14-15,20-22H2,1-3H3,(H,38,42)/b19-16+. The van der Waals surface area contributed by atoms with E-state index < -0.39 is 11.7 Å². The van der Waals surface area contributed by atoms with E-state index in [1.54, 1.807) is 0 Å². The maximum Gasteiger partial charge on any atom is 0.435 e. The molecule has 1 amide bonds. The van der Waals surface area contributed by atoms with Crippen molar-refractivity contribution in [2.45, 2.75) is 80.7 Å². The first-order chi connectivity index (χ1) is 21.7. The van der Waals surface area contributed by atoms with Crippen molar-refractivity contribution in [3.05, 3.63) is 83.3 Å². The summed E-state index contributed by atoms with van der Waals surface area (Å²) in [6.45, 7) is 9.12. The van der Waals surface area contributed by atoms with Crippen LogP contribution in [0.25, 0.3) is 23.1 Å². The Morgan fingerprint density at radius 1 is 1.04 bits per heavy atom. The van der Waals surface area contributed by atoms with Gasteiger partial charge >= 0.3 is 6.09 Å². The highest BCUT2D eigenvalue weighted by Crippen LogP contribution is 2.34. The molecule has 1 saturated carbocycles. The molecule has 1 N–H and O–H groups in total. The molecule has 45 heavy (non-hydrogen) atoms. The molecule has 2 aromatic heterocycles. The lowest BCUT2D eigenvalue weighted by Gasteiger charge is -2.19. The third-order valence-corrected chi connectivity index (χ3v) is 8.98. The lowest BCUT2D eigenvalue weighted by molar-refractivity contribution is 0.0522. The Balaban J connectivity index is 1.22. The van der Waals surface area contributed by atoms with Crippen LogP contribution in [-0.4, -0.2) is 62.9 Å². The molecule has 234 valence electrons. The second-order valence-corrected chi connectivity index (χ2v) is 14.0. The van der Waals surface area contributed by atoms with Crippen LogP contribution in [0.1, 0.15) is 80.2 Å². The molecule has 0 unspecified atom stereocenters. The third kappa shape index (κ3) is 8.21. The summed E-state index contributed by atoms with van der Waals surface area (Å²) >= 11 is 1.49. The lowest BCUT2D eigenvalue weighted by atomic mass is 10.1. The summed E-state index contributed by atoms with van der Waals surface area (Å²) in [5.41, 5.74) is 3.31. The number of amides is 1. The average Bonchev–Trinajstić information content (AvgIpc) is 3.52. The molecule has 2 aromatic carbocycles. The second-order valence-electron chi connectivity index (χ2n) is 12.9. The van der Waals surface area contributed by atoms with Crippen molar-refractivity contribution in [1.82, 2.24) is 25.0 Å². The van der Waals surface area contributed by atoms with Crippen molar-refractivity contribution in [3.8, 4) is 0 Å². The molecule has 1 aliphatic heterocycles. The number of carbonyl (C=O) groups is 2. The summed E-state index contributed by atoms with van der Waals surface area (Å²) < 4.78 is 7.03. The van der Waals surface area contributed by atoms with Gasteiger partial charge in [-0.2, -0.15) is 9.78 Å². The summed E-state index contributed by atoms with van der Waals surface area (Å²) in [6, 6.07) is 17.9. The van der Waals surface area contributed by atoms with E-state index in [1.807, 2.05) is 87.7 Å². The number of nitrogens with zero attached hydrogens (tertiary/aromatic N) is 4. The largest absolute Gasteiger partial charge is 0.442 e. The maximum atomic E-state index is 13.3. The molecule has 9 heteroatoms. The van der Waals surface area contributed by atoms with E-state index in [4.69, 9.17) is 4.74 Å². The van der Waals surface area contributed by atoms with Crippen LogP contribution in [0.2, 0.25) is 0 Å². The van der Waals surface area contributed by atoms with Crippen LogP contribution in [0.4, 0.5) is 4.79 Å². The minimum absolute atomic E-state index is 0.0587. The first-order valence-electron chi connectivity index (χ1n) is 15.9. The number of benzene rings is 2. The van der Waals surface area contributed by atoms with Crippen molar-refractivity contribution in [2.75, 3.05) is 19.6 Å². The van der Waals surface area contributed by atoms with E-state index in [-0.39, 0.29) is 11.9 Å². The Bertz CT molecular complexity index is 1700. The highest BCUT2D eigenvalue weighted by atomic mass is 32.2. The van der Waals surface area contributed by atoms with Crippen molar-refractivity contribution < 1.29 is 14.3 Å². The third-order valence-electron chi connectivity index (χ3n) is 7.92. The molecule has 2 fully saturated rings. The Morgan fingerprint density at radius 3 is 2.58 bits per heavy atom. The van der Waals surface area contributed by atoms with Gasteiger partial charge in [-0.15, -0.1) is 0 Å². The van der Waals surface area contributed by atoms with E-state index in [0.717, 1.165) is 53.1 Å². The number of pyridine rings is 1. The highest BCUT2D eigenvalue weighted by Gasteiger charge is 2.25. The molecule has 4 aromatic rings. The summed E-state index contributed by atoms with van der Waals surface area (Å²) in [5.74, 6) is -0.0587. The Labute approximate surface area is 269 Å². The molecule has 0 radical (unpaired) electrons. The summed E-state index contributed by atoms with van der Waals surface area (Å²) in [7, 11) is 0. The number of ether oxygens (including phenoxy) is 1. The summed E-state index contributed by atoms with van der Waals surface area (Å²) in [4.78, 5) is 35.1. The van der Waals surface area contributed by atoms with Gasteiger partial charge in [0.15, 0.2) is 0 Å². The number of carbonyl (C=O) groups excluding carboxylic acids is 2. The van der Waals surface area contributed by atoms with Gasteiger partial charge in [0.05, 0.1) is 22.5 Å². The molecule has 2 aliphatic rings. The van der Waals surface area contributed by atoms with Crippen LogP contribution >= 0.6 is 11.8 Å². The van der Waals surface area contributed by atoms with Crippen molar-refractivity contribution in [1.29, 1.82) is 0 Å². The quantitative estimate of drug-likeness (QED) is 0.196. The van der Waals surface area contributed by atoms with Gasteiger partial charge in [-0.25, -0.2) is 4.79 Å². The van der Waals surface area contributed by atoms with Gasteiger partial charge in [0.1, 0.15) is 5.60 Å². The number of rotatable bonds is 10. The first-order valence-corrected chi connectivity index (χ1v) is 16.7. The zero-order valence-corrected chi connectivity index (χ0v) is 27.1. The molecule has 0 spiro atoms. The summed E-state index contributed by atoms with van der Waals surface area (Å²) in [6.07, 6.45) is 12.1. The molecule has 1 aliphatic carbocycles. The number of fused-ring (bicyclic) bond motifs is 1. The first kappa shape index (κ1) is 31.0. The molecule has 1 saturated heterocycles. The normalized spacial score (nSPS) is 15.6. The van der Waals surface area contributed by atoms with Crippen LogP contribution in [0.5, 0.6) is 0 Å². The topological polar surface area (TPSA) is 89.4 Å². The Hall–Kier alpha value is -3.95. The fourth-order valence-electron chi connectivity index (χ4n) is 5.47. The van der Waals surface area contributed by atoms with E-state index >= 15 is 0 Å². The second kappa shape index (κ2) is 13.6. The Morgan fingerprint density at radius 2 is 1.84 bits per heavy atom. The van der Waals surface area contributed by atoms with E-state index in [0.29, 0.717) is 16.8 Å². The maximum absolute atomic E-state index is 13.3. The number of hydrogen-bond acceptors (Lipinski definition) is 7. The van der Waals surface area contributed by atoms with Crippen LogP contribution in [0.15, 0.2) is 70.6 Å². The fraction of sp³-hybridized carbons (Fsp3) is 0.389. The molecule has 0 bridgehead atoms. The fourth-order valence-corrected chi connectivity index (χ4v) is 6.45. The van der Waals surface area contributed by atoms with Crippen LogP contribution in [0.3, 0.4) is 0 Å². The SMILES string of the molecule is CC(C)(C)OC(=O)n1nc(/C=C/c2ccc(CCCN3CCCC3)cn2)c2ccc(Sc3ccccc3C(=O)NC3CC3)cc21. The lowest BCUT2D eigenvalue weighted by Crippen LogP contribution is -2.27. The van der Waals surface area contributed by atoms with Crippen LogP contribution < -0.4 is 5.32 Å². The predicted molar refractivity (Wildman–Crippen MR) is 180 cm³/mol. The van der Waals surface area contributed by atoms with Crippen LogP contribution in [-0.2, 0) is 11.2 Å². The number of aromatic nitrogens is 3. The van der Waals surface area contributed by atoms with Crippen molar-refractivity contribution in [3.63, 3.8) is 0 Å². The predicted octanol–water partition coefficient (Wildman–Crippen LogP) is 7.46. The van der Waals surface area contributed by atoms with Crippen molar-refractivity contribution >= 4 is 46.8 Å². The zero-order chi connectivity index (χ0) is 31.4. The van der Waals surface area contributed by atoms with E-state index in [1.165, 1.54) is 47.9 Å². The zero-order valence-electron chi connectivity index (χ0n) is 26.3.